The SMILES string of the molecule is CS(=O)(=O)c1ccc(C(=O)/C=C/c2cn(-c3ccccc3)nc2-c2ccc(S(C)(=O)=O)cc2)cc1. The molecule has 0 radical (unpaired) electrons. The van der Waals surface area contributed by atoms with E-state index in [1.807, 2.05) is 30.3 Å². The van der Waals surface area contributed by atoms with Gasteiger partial charge in [0.2, 0.25) is 0 Å². The molecule has 1 aromatic heterocycles. The van der Waals surface area contributed by atoms with Crippen LogP contribution in [0.3, 0.4) is 0 Å². The van der Waals surface area contributed by atoms with Crippen LogP contribution in [0.5, 0.6) is 0 Å². The number of ketones is 1. The molecule has 0 fully saturated rings. The van der Waals surface area contributed by atoms with E-state index in [9.17, 15) is 21.6 Å². The maximum Gasteiger partial charge on any atom is 0.185 e. The zero-order valence-electron chi connectivity index (χ0n) is 19.0. The molecule has 7 nitrogen and oxygen atoms in total. The van der Waals surface area contributed by atoms with Crippen molar-refractivity contribution in [1.82, 2.24) is 9.78 Å². The number of benzene rings is 3. The molecule has 0 spiro atoms. The third-order valence-corrected chi connectivity index (χ3v) is 7.56. The van der Waals surface area contributed by atoms with Crippen molar-refractivity contribution in [3.05, 3.63) is 102 Å². The number of sulfone groups is 2. The molecule has 0 atom stereocenters. The van der Waals surface area contributed by atoms with Crippen LogP contribution in [0.1, 0.15) is 15.9 Å². The van der Waals surface area contributed by atoms with Crippen LogP contribution in [0.4, 0.5) is 0 Å². The van der Waals surface area contributed by atoms with Gasteiger partial charge in [-0.25, -0.2) is 21.5 Å². The third-order valence-electron chi connectivity index (χ3n) is 5.30. The average Bonchev–Trinajstić information content (AvgIpc) is 3.26. The van der Waals surface area contributed by atoms with E-state index in [1.165, 1.54) is 42.5 Å². The average molecular weight is 507 g/mol. The molecule has 0 aliphatic heterocycles. The number of para-hydroxylation sites is 1. The lowest BCUT2D eigenvalue weighted by molar-refractivity contribution is 0.104. The molecule has 0 saturated carbocycles. The summed E-state index contributed by atoms with van der Waals surface area (Å²) in [5.41, 5.74) is 3.09. The lowest BCUT2D eigenvalue weighted by Gasteiger charge is -2.03. The Morgan fingerprint density at radius 3 is 1.86 bits per heavy atom. The second-order valence-corrected chi connectivity index (χ2v) is 12.0. The number of aromatic nitrogens is 2. The molecule has 0 amide bonds. The number of rotatable bonds is 7. The highest BCUT2D eigenvalue weighted by molar-refractivity contribution is 7.91. The molecule has 178 valence electrons. The summed E-state index contributed by atoms with van der Waals surface area (Å²) in [4.78, 5) is 13.1. The highest BCUT2D eigenvalue weighted by Crippen LogP contribution is 2.26. The molecule has 1 heterocycles. The van der Waals surface area contributed by atoms with Gasteiger partial charge in [0.15, 0.2) is 25.5 Å². The van der Waals surface area contributed by atoms with Crippen molar-refractivity contribution in [1.29, 1.82) is 0 Å². The first-order chi connectivity index (χ1) is 16.5. The van der Waals surface area contributed by atoms with Gasteiger partial charge in [-0.15, -0.1) is 0 Å². The monoisotopic (exact) mass is 506 g/mol. The van der Waals surface area contributed by atoms with Gasteiger partial charge in [-0.1, -0.05) is 30.3 Å². The van der Waals surface area contributed by atoms with Crippen molar-refractivity contribution in [3.8, 4) is 16.9 Å². The number of hydrogen-bond acceptors (Lipinski definition) is 6. The number of carbonyl (C=O) groups is 1. The maximum absolute atomic E-state index is 12.7. The van der Waals surface area contributed by atoms with Gasteiger partial charge < -0.3 is 0 Å². The van der Waals surface area contributed by atoms with Crippen LogP contribution >= 0.6 is 0 Å². The van der Waals surface area contributed by atoms with Crippen LogP contribution in [0.2, 0.25) is 0 Å². The fourth-order valence-electron chi connectivity index (χ4n) is 3.43. The molecule has 0 bridgehead atoms. The summed E-state index contributed by atoms with van der Waals surface area (Å²) < 4.78 is 48.6. The number of nitrogens with zero attached hydrogens (tertiary/aromatic N) is 2. The number of carbonyl (C=O) groups excluding carboxylic acids is 1. The topological polar surface area (TPSA) is 103 Å². The zero-order chi connectivity index (χ0) is 25.2. The smallest absolute Gasteiger partial charge is 0.185 e. The Balaban J connectivity index is 1.71. The fourth-order valence-corrected chi connectivity index (χ4v) is 4.70. The molecular formula is C26H22N2O5S2. The molecule has 0 aliphatic carbocycles. The van der Waals surface area contributed by atoms with Crippen LogP contribution in [0.25, 0.3) is 23.0 Å². The summed E-state index contributed by atoms with van der Waals surface area (Å²) in [5, 5.41) is 4.67. The summed E-state index contributed by atoms with van der Waals surface area (Å²) in [7, 11) is -6.69. The Kier molecular flexibility index (Phi) is 6.56. The van der Waals surface area contributed by atoms with Crippen LogP contribution in [0.15, 0.2) is 101 Å². The molecule has 35 heavy (non-hydrogen) atoms. The molecular weight excluding hydrogens is 484 g/mol. The summed E-state index contributed by atoms with van der Waals surface area (Å²) >= 11 is 0. The Bertz CT molecular complexity index is 1620. The highest BCUT2D eigenvalue weighted by Gasteiger charge is 2.14. The number of hydrogen-bond donors (Lipinski definition) is 0. The van der Waals surface area contributed by atoms with Crippen molar-refractivity contribution in [2.75, 3.05) is 12.5 Å². The van der Waals surface area contributed by atoms with Crippen molar-refractivity contribution < 1.29 is 21.6 Å². The molecule has 4 aromatic rings. The molecule has 9 heteroatoms. The normalized spacial score (nSPS) is 12.2. The first kappa shape index (κ1) is 24.3. The van der Waals surface area contributed by atoms with Gasteiger partial charge in [0.05, 0.1) is 21.2 Å². The third kappa shape index (κ3) is 5.64. The first-order valence-corrected chi connectivity index (χ1v) is 14.3. The van der Waals surface area contributed by atoms with Crippen molar-refractivity contribution >= 4 is 31.5 Å². The quantitative estimate of drug-likeness (QED) is 0.274. The van der Waals surface area contributed by atoms with E-state index >= 15 is 0 Å². The lowest BCUT2D eigenvalue weighted by Crippen LogP contribution is -1.99. The van der Waals surface area contributed by atoms with E-state index in [0.29, 0.717) is 22.4 Å². The summed E-state index contributed by atoms with van der Waals surface area (Å²) in [6.45, 7) is 0. The van der Waals surface area contributed by atoms with Gasteiger partial charge in [0.25, 0.3) is 0 Å². The Hall–Kier alpha value is -3.82. The summed E-state index contributed by atoms with van der Waals surface area (Å²) in [6.07, 6.45) is 7.08. The van der Waals surface area contributed by atoms with E-state index < -0.39 is 19.7 Å². The predicted octanol–water partition coefficient (Wildman–Crippen LogP) is 4.24. The Morgan fingerprint density at radius 1 is 0.771 bits per heavy atom. The van der Waals surface area contributed by atoms with Crippen LogP contribution in [-0.4, -0.2) is 44.9 Å². The second-order valence-electron chi connectivity index (χ2n) is 8.00. The van der Waals surface area contributed by atoms with Gasteiger partial charge in [0, 0.05) is 35.4 Å². The minimum absolute atomic E-state index is 0.141. The van der Waals surface area contributed by atoms with Crippen LogP contribution in [0, 0.1) is 0 Å². The zero-order valence-corrected chi connectivity index (χ0v) is 20.6. The van der Waals surface area contributed by atoms with E-state index in [0.717, 1.165) is 18.2 Å². The minimum atomic E-state index is -3.35. The first-order valence-electron chi connectivity index (χ1n) is 10.5. The van der Waals surface area contributed by atoms with Crippen LogP contribution in [-0.2, 0) is 19.7 Å². The fraction of sp³-hybridized carbons (Fsp3) is 0.0769. The maximum atomic E-state index is 12.7. The Labute approximate surface area is 204 Å². The van der Waals surface area contributed by atoms with E-state index in [-0.39, 0.29) is 15.6 Å². The van der Waals surface area contributed by atoms with Gasteiger partial charge in [-0.2, -0.15) is 5.10 Å². The van der Waals surface area contributed by atoms with Crippen molar-refractivity contribution in [2.45, 2.75) is 9.79 Å². The van der Waals surface area contributed by atoms with Gasteiger partial charge in [-0.05, 0) is 60.7 Å². The largest absolute Gasteiger partial charge is 0.289 e. The summed E-state index contributed by atoms with van der Waals surface area (Å²) in [5.74, 6) is -0.295. The highest BCUT2D eigenvalue weighted by atomic mass is 32.2. The van der Waals surface area contributed by atoms with E-state index in [2.05, 4.69) is 5.10 Å². The standard InChI is InChI=1S/C26H22N2O5S2/c1-34(30,31)23-13-8-19(9-14-23)25(29)17-12-21-18-28(22-6-4-3-5-7-22)27-26(21)20-10-15-24(16-11-20)35(2,32)33/h3-18H,1-2H3/b17-12+. The van der Waals surface area contributed by atoms with E-state index in [4.69, 9.17) is 0 Å². The molecule has 0 unspecified atom stereocenters. The molecule has 0 saturated heterocycles. The molecule has 3 aromatic carbocycles. The van der Waals surface area contributed by atoms with Gasteiger partial charge in [-0.3, -0.25) is 4.79 Å². The predicted molar refractivity (Wildman–Crippen MR) is 135 cm³/mol. The second kappa shape index (κ2) is 9.44. The Morgan fingerprint density at radius 2 is 1.31 bits per heavy atom. The minimum Gasteiger partial charge on any atom is -0.289 e. The number of allylic oxidation sites excluding steroid dienone is 1. The van der Waals surface area contributed by atoms with Crippen LogP contribution < -0.4 is 0 Å². The molecule has 0 N–H and O–H groups in total. The summed E-state index contributed by atoms with van der Waals surface area (Å²) in [6, 6.07) is 21.6. The van der Waals surface area contributed by atoms with Gasteiger partial charge >= 0.3 is 0 Å². The molecule has 4 rings (SSSR count). The lowest BCUT2D eigenvalue weighted by atomic mass is 10.1. The van der Waals surface area contributed by atoms with Crippen molar-refractivity contribution in [2.24, 2.45) is 0 Å². The van der Waals surface area contributed by atoms with Crippen molar-refractivity contribution in [3.63, 3.8) is 0 Å². The van der Waals surface area contributed by atoms with E-state index in [1.54, 1.807) is 29.1 Å². The molecule has 0 aliphatic rings. The van der Waals surface area contributed by atoms with Gasteiger partial charge in [0.1, 0.15) is 0 Å².